The lowest BCUT2D eigenvalue weighted by Crippen LogP contribution is -2.41. The van der Waals surface area contributed by atoms with Crippen molar-refractivity contribution >= 4 is 40.7 Å². The van der Waals surface area contributed by atoms with E-state index in [1.807, 2.05) is 6.92 Å². The van der Waals surface area contributed by atoms with E-state index < -0.39 is 5.97 Å². The summed E-state index contributed by atoms with van der Waals surface area (Å²) < 4.78 is 0.554. The smallest absolute Gasteiger partial charge is 0.306 e. The Morgan fingerprint density at radius 1 is 1.59 bits per heavy atom. The molecule has 1 amide bonds. The molecule has 0 aromatic rings. The molecule has 0 saturated heterocycles. The number of carboxylic acid groups (broad SMARTS) is 1. The summed E-state index contributed by atoms with van der Waals surface area (Å²) in [5, 5.41) is 9.01. The van der Waals surface area contributed by atoms with Gasteiger partial charge in [-0.05, 0) is 25.0 Å². The monoisotopic (exact) mass is 275 g/mol. The average molecular weight is 275 g/mol. The van der Waals surface area contributed by atoms with Crippen molar-refractivity contribution in [2.24, 2.45) is 5.92 Å². The number of amides is 1. The number of carboxylic acids is 1. The van der Waals surface area contributed by atoms with Crippen LogP contribution >= 0.6 is 24.0 Å². The van der Waals surface area contributed by atoms with Gasteiger partial charge in [-0.15, -0.1) is 0 Å². The maximum absolute atomic E-state index is 11.1. The van der Waals surface area contributed by atoms with E-state index in [1.165, 1.54) is 16.7 Å². The first-order valence-corrected chi connectivity index (χ1v) is 7.12. The second-order valence-electron chi connectivity index (χ2n) is 4.07. The summed E-state index contributed by atoms with van der Waals surface area (Å²) in [5.41, 5.74) is 0. The molecule has 1 fully saturated rings. The average Bonchev–Trinajstić information content (AvgIpc) is 2.30. The number of hydrogen-bond donors (Lipinski definition) is 1. The van der Waals surface area contributed by atoms with Crippen LogP contribution in [0.1, 0.15) is 32.6 Å². The van der Waals surface area contributed by atoms with Crippen molar-refractivity contribution in [2.75, 3.05) is 5.75 Å². The largest absolute Gasteiger partial charge is 0.481 e. The maximum atomic E-state index is 11.1. The van der Waals surface area contributed by atoms with Crippen LogP contribution in [0.25, 0.3) is 0 Å². The van der Waals surface area contributed by atoms with E-state index in [9.17, 15) is 9.59 Å². The van der Waals surface area contributed by atoms with Crippen molar-refractivity contribution < 1.29 is 14.7 Å². The molecule has 0 bridgehead atoms. The molecule has 0 aliphatic heterocycles. The molecule has 2 atom stereocenters. The normalized spacial score (nSPS) is 24.1. The minimum atomic E-state index is -0.769. The minimum Gasteiger partial charge on any atom is -0.481 e. The predicted molar refractivity (Wildman–Crippen MR) is 72.0 cm³/mol. The van der Waals surface area contributed by atoms with Crippen molar-refractivity contribution in [1.82, 2.24) is 4.90 Å². The Bertz CT molecular complexity index is 309. The van der Waals surface area contributed by atoms with Gasteiger partial charge in [0.15, 0.2) is 0 Å². The lowest BCUT2D eigenvalue weighted by Gasteiger charge is -2.33. The van der Waals surface area contributed by atoms with E-state index in [0.29, 0.717) is 17.2 Å². The van der Waals surface area contributed by atoms with Crippen LogP contribution in [0.5, 0.6) is 0 Å². The van der Waals surface area contributed by atoms with Gasteiger partial charge in [0.1, 0.15) is 4.32 Å². The molecule has 0 spiro atoms. The highest BCUT2D eigenvalue weighted by Gasteiger charge is 2.31. The molecule has 1 saturated carbocycles. The lowest BCUT2D eigenvalue weighted by atomic mass is 9.85. The zero-order valence-electron chi connectivity index (χ0n) is 9.80. The highest BCUT2D eigenvalue weighted by atomic mass is 32.2. The first-order valence-electron chi connectivity index (χ1n) is 5.73. The van der Waals surface area contributed by atoms with E-state index in [2.05, 4.69) is 0 Å². The molecule has 6 heteroatoms. The molecule has 4 nitrogen and oxygen atoms in total. The number of thioether (sulfide) groups is 1. The molecule has 17 heavy (non-hydrogen) atoms. The Hall–Kier alpha value is -0.620. The van der Waals surface area contributed by atoms with E-state index in [1.54, 1.807) is 0 Å². The summed E-state index contributed by atoms with van der Waals surface area (Å²) >= 11 is 6.62. The molecule has 1 aliphatic rings. The Kier molecular flexibility index (Phi) is 5.91. The summed E-state index contributed by atoms with van der Waals surface area (Å²) in [6.45, 7) is 1.97. The Morgan fingerprint density at radius 2 is 2.29 bits per heavy atom. The molecule has 96 valence electrons. The van der Waals surface area contributed by atoms with Gasteiger partial charge in [-0.25, -0.2) is 0 Å². The second-order valence-corrected chi connectivity index (χ2v) is 5.97. The van der Waals surface area contributed by atoms with E-state index >= 15 is 0 Å². The molecule has 0 aromatic carbocycles. The van der Waals surface area contributed by atoms with Crippen LogP contribution in [0.2, 0.25) is 0 Å². The lowest BCUT2D eigenvalue weighted by molar-refractivity contribution is -0.143. The SMILES string of the molecule is CCSC(=S)N(C=O)C1CCCC(C(=O)O)C1. The van der Waals surface area contributed by atoms with Crippen molar-refractivity contribution in [2.45, 2.75) is 38.6 Å². The molecule has 2 unspecified atom stereocenters. The fraction of sp³-hybridized carbons (Fsp3) is 0.727. The van der Waals surface area contributed by atoms with E-state index in [0.717, 1.165) is 25.0 Å². The van der Waals surface area contributed by atoms with E-state index in [4.69, 9.17) is 17.3 Å². The van der Waals surface area contributed by atoms with Crippen LogP contribution in [0.3, 0.4) is 0 Å². The van der Waals surface area contributed by atoms with Crippen LogP contribution in [0.4, 0.5) is 0 Å². The first-order chi connectivity index (χ1) is 8.10. The minimum absolute atomic E-state index is 0.0473. The predicted octanol–water partition coefficient (Wildman–Crippen LogP) is 2.13. The topological polar surface area (TPSA) is 57.6 Å². The number of thiocarbonyl (C=S) groups is 1. The number of aliphatic carboxylic acids is 1. The summed E-state index contributed by atoms with van der Waals surface area (Å²) in [4.78, 5) is 23.6. The first kappa shape index (κ1) is 14.4. The van der Waals surface area contributed by atoms with Gasteiger partial charge in [-0.1, -0.05) is 37.3 Å². The van der Waals surface area contributed by atoms with Gasteiger partial charge in [-0.3, -0.25) is 14.5 Å². The Balaban J connectivity index is 2.65. The second kappa shape index (κ2) is 6.96. The third kappa shape index (κ3) is 3.96. The highest BCUT2D eigenvalue weighted by molar-refractivity contribution is 8.22. The van der Waals surface area contributed by atoms with Gasteiger partial charge in [0.05, 0.1) is 5.92 Å². The number of carbonyl (C=O) groups is 2. The quantitative estimate of drug-likeness (QED) is 0.629. The van der Waals surface area contributed by atoms with E-state index in [-0.39, 0.29) is 12.0 Å². The molecule has 0 heterocycles. The summed E-state index contributed by atoms with van der Waals surface area (Å²) in [7, 11) is 0. The zero-order chi connectivity index (χ0) is 12.8. The maximum Gasteiger partial charge on any atom is 0.306 e. The third-order valence-corrected chi connectivity index (χ3v) is 4.29. The van der Waals surface area contributed by atoms with Crippen molar-refractivity contribution in [3.05, 3.63) is 0 Å². The van der Waals surface area contributed by atoms with Gasteiger partial charge in [0.2, 0.25) is 6.41 Å². The standard InChI is InChI=1S/C11H17NO3S2/c1-2-17-11(16)12(7-13)9-5-3-4-8(6-9)10(14)15/h7-9H,2-6H2,1H3,(H,14,15). The van der Waals surface area contributed by atoms with Gasteiger partial charge < -0.3 is 5.11 Å². The molecular weight excluding hydrogens is 258 g/mol. The number of carbonyl (C=O) groups excluding carboxylic acids is 1. The molecule has 1 N–H and O–H groups in total. The number of hydrogen-bond acceptors (Lipinski definition) is 4. The number of rotatable bonds is 4. The Labute approximate surface area is 111 Å². The number of nitrogens with zero attached hydrogens (tertiary/aromatic N) is 1. The van der Waals surface area contributed by atoms with Crippen LogP contribution < -0.4 is 0 Å². The summed E-state index contributed by atoms with van der Waals surface area (Å²) in [5.74, 6) is -0.293. The fourth-order valence-electron chi connectivity index (χ4n) is 2.12. The fourth-order valence-corrected chi connectivity index (χ4v) is 3.25. The Morgan fingerprint density at radius 3 is 2.82 bits per heavy atom. The summed E-state index contributed by atoms with van der Waals surface area (Å²) in [6.07, 6.45) is 3.63. The van der Waals surface area contributed by atoms with Crippen molar-refractivity contribution in [1.29, 1.82) is 0 Å². The van der Waals surface area contributed by atoms with Crippen LogP contribution in [0, 0.1) is 5.92 Å². The molecule has 0 aromatic heterocycles. The van der Waals surface area contributed by atoms with Crippen molar-refractivity contribution in [3.8, 4) is 0 Å². The molecule has 1 rings (SSSR count). The molecular formula is C11H17NO3S2. The van der Waals surface area contributed by atoms with Crippen LogP contribution in [-0.4, -0.2) is 38.5 Å². The van der Waals surface area contributed by atoms with Crippen molar-refractivity contribution in [3.63, 3.8) is 0 Å². The van der Waals surface area contributed by atoms with Crippen LogP contribution in [-0.2, 0) is 9.59 Å². The van der Waals surface area contributed by atoms with Gasteiger partial charge in [0, 0.05) is 6.04 Å². The zero-order valence-corrected chi connectivity index (χ0v) is 11.4. The molecule has 1 aliphatic carbocycles. The summed E-state index contributed by atoms with van der Waals surface area (Å²) in [6, 6.07) is -0.0473. The van der Waals surface area contributed by atoms with Gasteiger partial charge in [-0.2, -0.15) is 0 Å². The van der Waals surface area contributed by atoms with Crippen LogP contribution in [0.15, 0.2) is 0 Å². The third-order valence-electron chi connectivity index (χ3n) is 2.98. The highest BCUT2D eigenvalue weighted by Crippen LogP contribution is 2.29. The molecule has 0 radical (unpaired) electrons. The van der Waals surface area contributed by atoms with Gasteiger partial charge >= 0.3 is 5.97 Å². The van der Waals surface area contributed by atoms with Gasteiger partial charge in [0.25, 0.3) is 0 Å².